The van der Waals surface area contributed by atoms with Gasteiger partial charge in [0.15, 0.2) is 16.9 Å². The van der Waals surface area contributed by atoms with E-state index in [1.165, 1.54) is 24.3 Å². The molecule has 0 aliphatic rings. The van der Waals surface area contributed by atoms with Crippen LogP contribution in [0.4, 0.5) is 0 Å². The second-order valence-corrected chi connectivity index (χ2v) is 4.52. The molecule has 22 heavy (non-hydrogen) atoms. The average Bonchev–Trinajstić information content (AvgIpc) is 2.40. The minimum atomic E-state index is -0.490. The number of aromatic hydroxyl groups is 4. The van der Waals surface area contributed by atoms with Gasteiger partial charge in [0.25, 0.3) is 0 Å². The number of benzene rings is 2. The van der Waals surface area contributed by atoms with Crippen LogP contribution in [0.2, 0.25) is 0 Å². The van der Waals surface area contributed by atoms with E-state index in [4.69, 9.17) is 4.42 Å². The van der Waals surface area contributed by atoms with Crippen molar-refractivity contribution in [3.8, 4) is 34.3 Å². The van der Waals surface area contributed by atoms with Crippen LogP contribution in [0.15, 0.2) is 45.6 Å². The molecular formula is C15H12CaO6. The fraction of sp³-hybridized carbons (Fsp3) is 0. The fourth-order valence-electron chi connectivity index (χ4n) is 2.07. The Kier molecular flexibility index (Phi) is 4.55. The van der Waals surface area contributed by atoms with Gasteiger partial charge in [0.2, 0.25) is 0 Å². The molecule has 4 N–H and O–H groups in total. The van der Waals surface area contributed by atoms with Crippen molar-refractivity contribution in [2.75, 3.05) is 0 Å². The topological polar surface area (TPSA) is 111 Å². The van der Waals surface area contributed by atoms with Crippen LogP contribution in [-0.4, -0.2) is 58.2 Å². The van der Waals surface area contributed by atoms with Gasteiger partial charge in [-0.15, -0.1) is 0 Å². The SMILES string of the molecule is O=c1cc(-c2ccc(O)c(O)c2)oc2cc(O)cc(O)c12.[CaH2]. The molecule has 0 aliphatic heterocycles. The zero-order valence-electron chi connectivity index (χ0n) is 10.6. The number of fused-ring (bicyclic) bond motifs is 1. The van der Waals surface area contributed by atoms with Crippen molar-refractivity contribution in [3.63, 3.8) is 0 Å². The minimum absolute atomic E-state index is 0. The number of hydrogen-bond donors (Lipinski definition) is 4. The van der Waals surface area contributed by atoms with Crippen LogP contribution in [0.3, 0.4) is 0 Å². The first-order valence-electron chi connectivity index (χ1n) is 5.98. The molecule has 0 unspecified atom stereocenters. The Hall–Kier alpha value is -1.89. The van der Waals surface area contributed by atoms with E-state index in [0.29, 0.717) is 5.56 Å². The Morgan fingerprint density at radius 2 is 1.55 bits per heavy atom. The van der Waals surface area contributed by atoms with Crippen molar-refractivity contribution in [3.05, 3.63) is 46.6 Å². The molecule has 1 heterocycles. The van der Waals surface area contributed by atoms with E-state index in [-0.39, 0.29) is 77.5 Å². The standard InChI is InChI=1S/C15H10O6.Ca.2H/c16-8-4-11(19)15-12(20)6-13(21-14(15)5-8)7-1-2-9(17)10(18)3-7;;;/h1-6,16-19H;;;. The summed E-state index contributed by atoms with van der Waals surface area (Å²) >= 11 is 0. The molecule has 0 amide bonds. The van der Waals surface area contributed by atoms with Gasteiger partial charge in [0.05, 0.1) is 0 Å². The van der Waals surface area contributed by atoms with Crippen molar-refractivity contribution in [2.24, 2.45) is 0 Å². The van der Waals surface area contributed by atoms with Crippen LogP contribution >= 0.6 is 0 Å². The first-order valence-corrected chi connectivity index (χ1v) is 5.98. The van der Waals surface area contributed by atoms with Crippen LogP contribution in [0.5, 0.6) is 23.0 Å². The third kappa shape index (κ3) is 2.85. The maximum atomic E-state index is 12.0. The van der Waals surface area contributed by atoms with E-state index in [0.717, 1.165) is 12.1 Å². The van der Waals surface area contributed by atoms with Gasteiger partial charge in [-0.2, -0.15) is 0 Å². The van der Waals surface area contributed by atoms with Gasteiger partial charge in [-0.25, -0.2) is 0 Å². The molecule has 0 atom stereocenters. The second-order valence-electron chi connectivity index (χ2n) is 4.52. The molecule has 0 saturated carbocycles. The van der Waals surface area contributed by atoms with Crippen LogP contribution in [0, 0.1) is 0 Å². The van der Waals surface area contributed by atoms with Gasteiger partial charge in [0, 0.05) is 23.8 Å². The molecule has 0 radical (unpaired) electrons. The van der Waals surface area contributed by atoms with Crippen LogP contribution < -0.4 is 5.43 Å². The third-order valence-corrected chi connectivity index (χ3v) is 3.05. The van der Waals surface area contributed by atoms with Gasteiger partial charge in [-0.1, -0.05) is 0 Å². The van der Waals surface area contributed by atoms with E-state index in [1.54, 1.807) is 0 Å². The normalized spacial score (nSPS) is 10.4. The predicted molar refractivity (Wildman–Crippen MR) is 83.1 cm³/mol. The molecule has 0 fully saturated rings. The fourth-order valence-corrected chi connectivity index (χ4v) is 2.07. The summed E-state index contributed by atoms with van der Waals surface area (Å²) in [5, 5.41) is 37.9. The van der Waals surface area contributed by atoms with E-state index >= 15 is 0 Å². The van der Waals surface area contributed by atoms with Gasteiger partial charge in [-0.3, -0.25) is 4.79 Å². The summed E-state index contributed by atoms with van der Waals surface area (Å²) in [4.78, 5) is 12.0. The Balaban J connectivity index is 0.00000176. The van der Waals surface area contributed by atoms with Crippen molar-refractivity contribution in [1.82, 2.24) is 0 Å². The van der Waals surface area contributed by atoms with Crippen molar-refractivity contribution in [1.29, 1.82) is 0 Å². The summed E-state index contributed by atoms with van der Waals surface area (Å²) in [5.74, 6) is -1.13. The van der Waals surface area contributed by atoms with Crippen LogP contribution in [0.25, 0.3) is 22.3 Å². The molecule has 0 saturated heterocycles. The number of phenolic OH excluding ortho intramolecular Hbond substituents is 4. The quantitative estimate of drug-likeness (QED) is 0.396. The molecule has 6 nitrogen and oxygen atoms in total. The molecule has 7 heteroatoms. The Labute approximate surface area is 153 Å². The molecular weight excluding hydrogens is 316 g/mol. The van der Waals surface area contributed by atoms with E-state index in [2.05, 4.69) is 0 Å². The van der Waals surface area contributed by atoms with E-state index in [1.807, 2.05) is 0 Å². The summed E-state index contributed by atoms with van der Waals surface area (Å²) in [5.41, 5.74) is -0.106. The molecule has 0 aliphatic carbocycles. The van der Waals surface area contributed by atoms with E-state index in [9.17, 15) is 25.2 Å². The monoisotopic (exact) mass is 328 g/mol. The summed E-state index contributed by atoms with van der Waals surface area (Å²) in [6, 6.07) is 7.37. The van der Waals surface area contributed by atoms with Gasteiger partial charge >= 0.3 is 37.7 Å². The molecule has 2 aromatic carbocycles. The maximum absolute atomic E-state index is 12.0. The summed E-state index contributed by atoms with van der Waals surface area (Å²) < 4.78 is 5.47. The number of rotatable bonds is 1. The van der Waals surface area contributed by atoms with Crippen molar-refractivity contribution in [2.45, 2.75) is 0 Å². The molecule has 1 aromatic heterocycles. The first kappa shape index (κ1) is 16.5. The zero-order valence-corrected chi connectivity index (χ0v) is 10.6. The Morgan fingerprint density at radius 3 is 2.23 bits per heavy atom. The van der Waals surface area contributed by atoms with E-state index < -0.39 is 5.43 Å². The summed E-state index contributed by atoms with van der Waals surface area (Å²) in [6.07, 6.45) is 0. The Morgan fingerprint density at radius 1 is 0.818 bits per heavy atom. The number of hydrogen-bond acceptors (Lipinski definition) is 6. The molecule has 3 rings (SSSR count). The molecule has 0 spiro atoms. The van der Waals surface area contributed by atoms with Gasteiger partial charge in [-0.05, 0) is 18.2 Å². The summed E-state index contributed by atoms with van der Waals surface area (Å²) in [7, 11) is 0. The average molecular weight is 328 g/mol. The Bertz CT molecular complexity index is 916. The third-order valence-electron chi connectivity index (χ3n) is 3.05. The number of phenols is 4. The van der Waals surface area contributed by atoms with Crippen LogP contribution in [-0.2, 0) is 0 Å². The van der Waals surface area contributed by atoms with Gasteiger partial charge in [0.1, 0.15) is 28.2 Å². The predicted octanol–water partition coefficient (Wildman–Crippen LogP) is 1.37. The first-order chi connectivity index (χ1) is 9.95. The molecule has 3 aromatic rings. The van der Waals surface area contributed by atoms with Crippen molar-refractivity contribution < 1.29 is 24.8 Å². The van der Waals surface area contributed by atoms with Crippen LogP contribution in [0.1, 0.15) is 0 Å². The molecule has 0 bridgehead atoms. The molecule has 110 valence electrons. The second kappa shape index (κ2) is 6.08. The van der Waals surface area contributed by atoms with Gasteiger partial charge < -0.3 is 24.8 Å². The van der Waals surface area contributed by atoms with Crippen molar-refractivity contribution >= 4 is 48.7 Å². The zero-order chi connectivity index (χ0) is 15.1. The summed E-state index contributed by atoms with van der Waals surface area (Å²) in [6.45, 7) is 0.